The molecule has 2 aliphatic rings. The zero-order valence-corrected chi connectivity index (χ0v) is 11.4. The number of rotatable bonds is 2. The van der Waals surface area contributed by atoms with E-state index < -0.39 is 30.0 Å². The number of hydrogen-bond acceptors (Lipinski definition) is 4. The first-order valence-electron chi connectivity index (χ1n) is 6.16. The van der Waals surface area contributed by atoms with Crippen molar-refractivity contribution in [1.82, 2.24) is 9.80 Å². The molecule has 8 heteroatoms. The first-order chi connectivity index (χ1) is 8.93. The minimum absolute atomic E-state index is 0.206. The summed E-state index contributed by atoms with van der Waals surface area (Å²) in [6.45, 7) is 2.24. The smallest absolute Gasteiger partial charge is 0.327 e. The van der Waals surface area contributed by atoms with Crippen LogP contribution in [0, 0.1) is 0 Å². The minimum Gasteiger partial charge on any atom is -0.480 e. The van der Waals surface area contributed by atoms with E-state index in [1.165, 1.54) is 21.6 Å². The van der Waals surface area contributed by atoms with Gasteiger partial charge in [-0.2, -0.15) is 0 Å². The topological polar surface area (TPSA) is 104 Å². The van der Waals surface area contributed by atoms with Crippen molar-refractivity contribution in [3.8, 4) is 0 Å². The van der Waals surface area contributed by atoms with E-state index in [2.05, 4.69) is 0 Å². The second-order valence-corrected chi connectivity index (χ2v) is 6.08. The molecule has 19 heavy (non-hydrogen) atoms. The molecule has 7 nitrogen and oxygen atoms in total. The van der Waals surface area contributed by atoms with E-state index in [0.29, 0.717) is 25.1 Å². The zero-order valence-electron chi connectivity index (χ0n) is 10.6. The number of urea groups is 1. The molecule has 2 saturated heterocycles. The number of likely N-dealkylation sites (tertiary alicyclic amines) is 1. The number of carbonyl (C=O) groups excluding carboxylic acids is 2. The monoisotopic (exact) mass is 287 g/mol. The van der Waals surface area contributed by atoms with E-state index in [-0.39, 0.29) is 5.37 Å². The predicted octanol–water partition coefficient (Wildman–Crippen LogP) is -0.0959. The van der Waals surface area contributed by atoms with Crippen LogP contribution in [0.25, 0.3) is 0 Å². The average Bonchev–Trinajstić information content (AvgIpc) is 2.93. The lowest BCUT2D eigenvalue weighted by atomic mass is 10.2. The molecule has 0 aromatic rings. The third kappa shape index (κ3) is 2.49. The Morgan fingerprint density at radius 2 is 2.00 bits per heavy atom. The van der Waals surface area contributed by atoms with E-state index in [1.807, 2.05) is 0 Å². The molecule has 2 fully saturated rings. The van der Waals surface area contributed by atoms with Crippen molar-refractivity contribution in [2.75, 3.05) is 12.3 Å². The highest BCUT2D eigenvalue weighted by Crippen LogP contribution is 2.31. The van der Waals surface area contributed by atoms with Gasteiger partial charge in [0, 0.05) is 12.3 Å². The van der Waals surface area contributed by atoms with Gasteiger partial charge in [-0.15, -0.1) is 11.8 Å². The number of aliphatic carboxylic acids is 1. The Bertz CT molecular complexity index is 417. The average molecular weight is 287 g/mol. The summed E-state index contributed by atoms with van der Waals surface area (Å²) in [4.78, 5) is 37.7. The second-order valence-electron chi connectivity index (χ2n) is 4.73. The van der Waals surface area contributed by atoms with Crippen LogP contribution < -0.4 is 5.73 Å². The Balaban J connectivity index is 2.18. The number of primary amides is 1. The van der Waals surface area contributed by atoms with E-state index in [1.54, 1.807) is 6.92 Å². The van der Waals surface area contributed by atoms with Crippen molar-refractivity contribution >= 4 is 29.7 Å². The maximum Gasteiger partial charge on any atom is 0.327 e. The van der Waals surface area contributed by atoms with Gasteiger partial charge in [0.05, 0.1) is 5.37 Å². The van der Waals surface area contributed by atoms with Crippen LogP contribution in [0.5, 0.6) is 0 Å². The Hall–Kier alpha value is -1.44. The predicted molar refractivity (Wildman–Crippen MR) is 69.5 cm³/mol. The number of carboxylic acid groups (broad SMARTS) is 1. The summed E-state index contributed by atoms with van der Waals surface area (Å²) in [5.41, 5.74) is 5.28. The third-order valence-electron chi connectivity index (χ3n) is 3.56. The molecule has 0 spiro atoms. The number of nitrogens with two attached hydrogens (primary N) is 1. The van der Waals surface area contributed by atoms with Crippen LogP contribution in [0.15, 0.2) is 0 Å². The maximum absolute atomic E-state index is 12.5. The second kappa shape index (κ2) is 5.28. The first kappa shape index (κ1) is 14.0. The van der Waals surface area contributed by atoms with Crippen molar-refractivity contribution in [3.63, 3.8) is 0 Å². The van der Waals surface area contributed by atoms with Gasteiger partial charge in [-0.05, 0) is 19.8 Å². The van der Waals surface area contributed by atoms with E-state index in [0.717, 1.165) is 0 Å². The summed E-state index contributed by atoms with van der Waals surface area (Å²) in [7, 11) is 0. The van der Waals surface area contributed by atoms with Crippen LogP contribution in [0.4, 0.5) is 4.79 Å². The van der Waals surface area contributed by atoms with Gasteiger partial charge < -0.3 is 15.7 Å². The zero-order chi connectivity index (χ0) is 14.2. The fourth-order valence-electron chi connectivity index (χ4n) is 2.56. The van der Waals surface area contributed by atoms with Crippen molar-refractivity contribution in [3.05, 3.63) is 0 Å². The molecule has 0 aliphatic carbocycles. The quantitative estimate of drug-likeness (QED) is 0.738. The lowest BCUT2D eigenvalue weighted by Gasteiger charge is -2.32. The normalized spacial score (nSPS) is 30.7. The van der Waals surface area contributed by atoms with Gasteiger partial charge in [0.15, 0.2) is 0 Å². The molecule has 0 saturated carbocycles. The summed E-state index contributed by atoms with van der Waals surface area (Å²) in [5.74, 6) is -1.17. The van der Waals surface area contributed by atoms with Gasteiger partial charge in [0.25, 0.3) is 0 Å². The van der Waals surface area contributed by atoms with E-state index >= 15 is 0 Å². The lowest BCUT2D eigenvalue weighted by Crippen LogP contribution is -2.54. The number of hydrogen-bond donors (Lipinski definition) is 2. The van der Waals surface area contributed by atoms with Gasteiger partial charge >= 0.3 is 12.0 Å². The van der Waals surface area contributed by atoms with Crippen molar-refractivity contribution < 1.29 is 19.5 Å². The number of carbonyl (C=O) groups is 3. The van der Waals surface area contributed by atoms with Gasteiger partial charge in [-0.3, -0.25) is 9.69 Å². The van der Waals surface area contributed by atoms with E-state index in [9.17, 15) is 14.4 Å². The SMILES string of the molecule is CC1SCC(C(=O)O)N1C(=O)N1CCCC1C(N)=O. The number of thioether (sulfide) groups is 1. The Labute approximate surface area is 115 Å². The lowest BCUT2D eigenvalue weighted by molar-refractivity contribution is -0.141. The molecule has 0 aromatic heterocycles. The van der Waals surface area contributed by atoms with Crippen molar-refractivity contribution in [2.45, 2.75) is 37.2 Å². The Morgan fingerprint density at radius 3 is 2.58 bits per heavy atom. The van der Waals surface area contributed by atoms with Crippen LogP contribution in [-0.2, 0) is 9.59 Å². The fourth-order valence-corrected chi connectivity index (χ4v) is 3.72. The number of amides is 3. The molecule has 3 unspecified atom stereocenters. The molecule has 2 heterocycles. The maximum atomic E-state index is 12.5. The number of nitrogens with zero attached hydrogens (tertiary/aromatic N) is 2. The van der Waals surface area contributed by atoms with Crippen LogP contribution >= 0.6 is 11.8 Å². The molecule has 3 atom stereocenters. The summed E-state index contributed by atoms with van der Waals surface area (Å²) in [6, 6.07) is -1.84. The van der Waals surface area contributed by atoms with Crippen LogP contribution in [0.2, 0.25) is 0 Å². The molecule has 3 amide bonds. The van der Waals surface area contributed by atoms with Crippen molar-refractivity contribution in [2.24, 2.45) is 5.73 Å². The molecular formula is C11H17N3O4S. The van der Waals surface area contributed by atoms with Gasteiger partial charge in [0.1, 0.15) is 12.1 Å². The first-order valence-corrected chi connectivity index (χ1v) is 7.21. The summed E-state index contributed by atoms with van der Waals surface area (Å²) in [5, 5.41) is 8.95. The summed E-state index contributed by atoms with van der Waals surface area (Å²) < 4.78 is 0. The van der Waals surface area contributed by atoms with Gasteiger partial charge in [0.2, 0.25) is 5.91 Å². The molecule has 2 rings (SSSR count). The Morgan fingerprint density at radius 1 is 1.32 bits per heavy atom. The number of carboxylic acids is 1. The van der Waals surface area contributed by atoms with Crippen LogP contribution in [-0.4, -0.2) is 62.6 Å². The highest BCUT2D eigenvalue weighted by atomic mass is 32.2. The highest BCUT2D eigenvalue weighted by Gasteiger charge is 2.44. The molecule has 3 N–H and O–H groups in total. The molecule has 0 aromatic carbocycles. The third-order valence-corrected chi connectivity index (χ3v) is 4.77. The minimum atomic E-state index is -1.01. The largest absolute Gasteiger partial charge is 0.480 e. The highest BCUT2D eigenvalue weighted by molar-refractivity contribution is 8.00. The fraction of sp³-hybridized carbons (Fsp3) is 0.727. The molecular weight excluding hydrogens is 270 g/mol. The molecule has 2 aliphatic heterocycles. The summed E-state index contributed by atoms with van der Waals surface area (Å²) >= 11 is 1.42. The van der Waals surface area contributed by atoms with Crippen LogP contribution in [0.3, 0.4) is 0 Å². The summed E-state index contributed by atoms with van der Waals surface area (Å²) in [6.07, 6.45) is 1.26. The van der Waals surface area contributed by atoms with Crippen LogP contribution in [0.1, 0.15) is 19.8 Å². The van der Waals surface area contributed by atoms with Crippen molar-refractivity contribution in [1.29, 1.82) is 0 Å². The standard InChI is InChI=1S/C11H17N3O4S/c1-6-14(8(5-19-6)10(16)17)11(18)13-4-2-3-7(13)9(12)15/h6-8H,2-5H2,1H3,(H2,12,15)(H,16,17). The molecule has 0 radical (unpaired) electrons. The Kier molecular flexibility index (Phi) is 3.88. The van der Waals surface area contributed by atoms with Gasteiger partial charge in [-0.25, -0.2) is 9.59 Å². The van der Waals surface area contributed by atoms with Gasteiger partial charge in [-0.1, -0.05) is 0 Å². The molecule has 106 valence electrons. The van der Waals surface area contributed by atoms with E-state index in [4.69, 9.17) is 10.8 Å². The molecule has 0 bridgehead atoms.